The summed E-state index contributed by atoms with van der Waals surface area (Å²) in [4.78, 5) is 30.3. The molecule has 1 atom stereocenters. The Hall–Kier alpha value is -2.34. The molecule has 2 aromatic carbocycles. The normalized spacial score (nSPS) is 17.5. The van der Waals surface area contributed by atoms with Crippen molar-refractivity contribution in [1.82, 2.24) is 9.80 Å². The molecule has 1 heterocycles. The Morgan fingerprint density at radius 3 is 1.91 bits per heavy atom. The lowest BCUT2D eigenvalue weighted by Crippen LogP contribution is -2.34. The summed E-state index contributed by atoms with van der Waals surface area (Å²) < 4.78 is 0. The number of ketones is 1. The predicted molar refractivity (Wildman–Crippen MR) is 143 cm³/mol. The van der Waals surface area contributed by atoms with Crippen molar-refractivity contribution in [2.45, 2.75) is 52.0 Å². The molecule has 0 aromatic heterocycles. The summed E-state index contributed by atoms with van der Waals surface area (Å²) in [6, 6.07) is 13.0. The minimum absolute atomic E-state index is 0.0912. The smallest absolute Gasteiger partial charge is 0.295 e. The van der Waals surface area contributed by atoms with Gasteiger partial charge in [0.15, 0.2) is 0 Å². The number of carbonyl (C=O) groups is 2. The number of aliphatic hydroxyl groups excluding tert-OH is 1. The van der Waals surface area contributed by atoms with Crippen LogP contribution < -0.4 is 0 Å². The van der Waals surface area contributed by atoms with Gasteiger partial charge >= 0.3 is 0 Å². The van der Waals surface area contributed by atoms with Crippen molar-refractivity contribution in [2.75, 3.05) is 26.2 Å². The van der Waals surface area contributed by atoms with Gasteiger partial charge in [0.1, 0.15) is 5.76 Å². The van der Waals surface area contributed by atoms with Crippen LogP contribution >= 0.6 is 23.2 Å². The van der Waals surface area contributed by atoms with Gasteiger partial charge in [-0.05, 0) is 80.9 Å². The molecule has 0 radical (unpaired) electrons. The van der Waals surface area contributed by atoms with Crippen molar-refractivity contribution in [3.05, 3.63) is 75.3 Å². The highest BCUT2D eigenvalue weighted by molar-refractivity contribution is 6.46. The average Bonchev–Trinajstić information content (AvgIpc) is 3.10. The second kappa shape index (κ2) is 13.1. The maximum Gasteiger partial charge on any atom is 0.295 e. The van der Waals surface area contributed by atoms with Crippen LogP contribution in [-0.2, 0) is 9.59 Å². The number of nitrogens with zero attached hydrogens (tertiary/aromatic N) is 2. The Morgan fingerprint density at radius 1 is 0.857 bits per heavy atom. The second-order valence-corrected chi connectivity index (χ2v) is 9.83. The molecule has 1 fully saturated rings. The fourth-order valence-electron chi connectivity index (χ4n) is 4.43. The number of Topliss-reactive ketones (excluding diaryl/α,β-unsaturated/α-hetero) is 1. The van der Waals surface area contributed by atoms with Gasteiger partial charge in [0.25, 0.3) is 11.7 Å². The Labute approximate surface area is 218 Å². The lowest BCUT2D eigenvalue weighted by molar-refractivity contribution is -0.140. The summed E-state index contributed by atoms with van der Waals surface area (Å²) in [7, 11) is 0. The topological polar surface area (TPSA) is 60.9 Å². The minimum Gasteiger partial charge on any atom is -0.507 e. The molecule has 0 spiro atoms. The number of hydrogen-bond acceptors (Lipinski definition) is 4. The van der Waals surface area contributed by atoms with Crippen molar-refractivity contribution < 1.29 is 14.7 Å². The molecule has 1 aliphatic rings. The number of halogens is 2. The van der Waals surface area contributed by atoms with Crippen LogP contribution in [0.3, 0.4) is 0 Å². The molecule has 1 saturated heterocycles. The van der Waals surface area contributed by atoms with E-state index in [4.69, 9.17) is 23.2 Å². The molecule has 0 bridgehead atoms. The van der Waals surface area contributed by atoms with Gasteiger partial charge in [-0.2, -0.15) is 0 Å². The van der Waals surface area contributed by atoms with E-state index in [2.05, 4.69) is 18.7 Å². The molecule has 188 valence electrons. The van der Waals surface area contributed by atoms with Crippen LogP contribution in [0.15, 0.2) is 54.1 Å². The van der Waals surface area contributed by atoms with E-state index < -0.39 is 17.7 Å². The quantitative estimate of drug-likeness (QED) is 0.193. The Bertz CT molecular complexity index is 1030. The number of likely N-dealkylation sites (tertiary alicyclic amines) is 1. The molecule has 7 heteroatoms. The lowest BCUT2D eigenvalue weighted by Gasteiger charge is -2.27. The van der Waals surface area contributed by atoms with Crippen LogP contribution in [0.2, 0.25) is 10.0 Å². The zero-order valence-corrected chi connectivity index (χ0v) is 22.0. The number of benzene rings is 2. The predicted octanol–water partition coefficient (Wildman–Crippen LogP) is 6.71. The monoisotopic (exact) mass is 516 g/mol. The molecule has 2 aromatic rings. The van der Waals surface area contributed by atoms with Gasteiger partial charge in [0, 0.05) is 22.2 Å². The van der Waals surface area contributed by atoms with Crippen molar-refractivity contribution in [3.8, 4) is 0 Å². The first-order valence-corrected chi connectivity index (χ1v) is 13.1. The van der Waals surface area contributed by atoms with Crippen LogP contribution in [0.1, 0.15) is 63.1 Å². The maximum absolute atomic E-state index is 13.2. The lowest BCUT2D eigenvalue weighted by atomic mass is 9.95. The zero-order chi connectivity index (χ0) is 25.4. The number of rotatable bonds is 12. The molecular formula is C28H34Cl2N2O3. The number of amides is 1. The minimum atomic E-state index is -0.678. The van der Waals surface area contributed by atoms with E-state index >= 15 is 0 Å². The van der Waals surface area contributed by atoms with E-state index in [9.17, 15) is 14.7 Å². The fourth-order valence-corrected chi connectivity index (χ4v) is 4.68. The molecule has 0 saturated carbocycles. The molecule has 5 nitrogen and oxygen atoms in total. The molecule has 1 unspecified atom stereocenters. The van der Waals surface area contributed by atoms with Gasteiger partial charge < -0.3 is 14.9 Å². The zero-order valence-electron chi connectivity index (χ0n) is 20.5. The third-order valence-electron chi connectivity index (χ3n) is 6.37. The summed E-state index contributed by atoms with van der Waals surface area (Å²) in [6.45, 7) is 7.71. The molecule has 0 aliphatic carbocycles. The van der Waals surface area contributed by atoms with Crippen molar-refractivity contribution >= 4 is 40.7 Å². The van der Waals surface area contributed by atoms with Crippen LogP contribution in [-0.4, -0.2) is 52.8 Å². The van der Waals surface area contributed by atoms with E-state index in [1.54, 1.807) is 53.4 Å². The second-order valence-electron chi connectivity index (χ2n) is 8.95. The van der Waals surface area contributed by atoms with Gasteiger partial charge in [-0.25, -0.2) is 0 Å². The van der Waals surface area contributed by atoms with E-state index in [-0.39, 0.29) is 11.3 Å². The molecule has 1 aliphatic heterocycles. The molecule has 1 N–H and O–H groups in total. The van der Waals surface area contributed by atoms with E-state index in [1.807, 2.05) is 0 Å². The molecule has 1 amide bonds. The number of hydrogen-bond donors (Lipinski definition) is 1. The van der Waals surface area contributed by atoms with Gasteiger partial charge in [-0.15, -0.1) is 0 Å². The highest BCUT2D eigenvalue weighted by Crippen LogP contribution is 2.39. The highest BCUT2D eigenvalue weighted by atomic mass is 35.5. The van der Waals surface area contributed by atoms with Gasteiger partial charge in [-0.1, -0.05) is 62.0 Å². The summed E-state index contributed by atoms with van der Waals surface area (Å²) >= 11 is 12.1. The summed E-state index contributed by atoms with van der Waals surface area (Å²) in [5.74, 6) is -1.46. The Balaban J connectivity index is 1.90. The average molecular weight is 517 g/mol. The molecule has 35 heavy (non-hydrogen) atoms. The van der Waals surface area contributed by atoms with Gasteiger partial charge in [-0.3, -0.25) is 9.59 Å². The Kier molecular flexibility index (Phi) is 10.2. The highest BCUT2D eigenvalue weighted by Gasteiger charge is 2.45. The van der Waals surface area contributed by atoms with Crippen LogP contribution in [0.4, 0.5) is 0 Å². The number of carbonyl (C=O) groups excluding carboxylic acids is 2. The summed E-state index contributed by atoms with van der Waals surface area (Å²) in [5, 5.41) is 12.2. The van der Waals surface area contributed by atoms with Gasteiger partial charge in [0.05, 0.1) is 11.6 Å². The first kappa shape index (κ1) is 27.3. The van der Waals surface area contributed by atoms with E-state index in [0.29, 0.717) is 22.2 Å². The first-order chi connectivity index (χ1) is 16.9. The fraction of sp³-hybridized carbons (Fsp3) is 0.429. The first-order valence-electron chi connectivity index (χ1n) is 12.4. The number of aliphatic hydroxyl groups is 1. The standard InChI is InChI=1S/C28H34Cl2N2O3/c1-3-5-16-31(17-6-4-2)18-7-19-32-25(20-8-12-22(29)13-9-20)24(27(34)28(32)35)26(33)21-10-14-23(30)15-11-21/h8-15,25,33H,3-7,16-19H2,1-2H3. The van der Waals surface area contributed by atoms with Crippen LogP contribution in [0.25, 0.3) is 5.76 Å². The third-order valence-corrected chi connectivity index (χ3v) is 6.88. The van der Waals surface area contributed by atoms with Crippen LogP contribution in [0, 0.1) is 0 Å². The Morgan fingerprint density at radius 2 is 1.37 bits per heavy atom. The molecule has 3 rings (SSSR count). The largest absolute Gasteiger partial charge is 0.507 e. The number of unbranched alkanes of at least 4 members (excludes halogenated alkanes) is 2. The summed E-state index contributed by atoms with van der Waals surface area (Å²) in [6.07, 6.45) is 5.29. The van der Waals surface area contributed by atoms with Crippen molar-refractivity contribution in [2.24, 2.45) is 0 Å². The van der Waals surface area contributed by atoms with Gasteiger partial charge in [0.2, 0.25) is 0 Å². The third kappa shape index (κ3) is 6.87. The van der Waals surface area contributed by atoms with E-state index in [1.165, 1.54) is 0 Å². The summed E-state index contributed by atoms with van der Waals surface area (Å²) in [5.41, 5.74) is 1.27. The van der Waals surface area contributed by atoms with E-state index in [0.717, 1.165) is 57.3 Å². The maximum atomic E-state index is 13.2. The molecular weight excluding hydrogens is 483 g/mol. The van der Waals surface area contributed by atoms with Crippen molar-refractivity contribution in [1.29, 1.82) is 0 Å². The van der Waals surface area contributed by atoms with Crippen LogP contribution in [0.5, 0.6) is 0 Å². The van der Waals surface area contributed by atoms with Crippen molar-refractivity contribution in [3.63, 3.8) is 0 Å². The SMILES string of the molecule is CCCCN(CCCC)CCCN1C(=O)C(=O)C(=C(O)c2ccc(Cl)cc2)C1c1ccc(Cl)cc1.